The molecule has 0 fully saturated rings. The van der Waals surface area contributed by atoms with Crippen molar-refractivity contribution >= 4 is 21.7 Å². The molecule has 20 heavy (non-hydrogen) atoms. The first kappa shape index (κ1) is 14.9. The van der Waals surface area contributed by atoms with Crippen LogP contribution in [0.1, 0.15) is 28.5 Å². The standard InChI is InChI=1S/C15H18BrN3O/c1-3-19-14(13(16)10-18-19)15(20)12-7-5-4-6-11(12)8-9-17-2/h4-7,10,17H,3,8-9H2,1-2H3. The Hall–Kier alpha value is -1.46. The first-order valence-corrected chi connectivity index (χ1v) is 7.46. The minimum absolute atomic E-state index is 0.0166. The minimum atomic E-state index is 0.0166. The highest BCUT2D eigenvalue weighted by Crippen LogP contribution is 2.22. The third-order valence-corrected chi connectivity index (χ3v) is 3.80. The molecule has 106 valence electrons. The summed E-state index contributed by atoms with van der Waals surface area (Å²) in [5.41, 5.74) is 2.42. The molecule has 0 bridgehead atoms. The van der Waals surface area contributed by atoms with Crippen molar-refractivity contribution in [1.82, 2.24) is 15.1 Å². The van der Waals surface area contributed by atoms with E-state index < -0.39 is 0 Å². The second kappa shape index (κ2) is 6.81. The highest BCUT2D eigenvalue weighted by atomic mass is 79.9. The molecule has 4 nitrogen and oxygen atoms in total. The number of ketones is 1. The molecule has 1 N–H and O–H groups in total. The predicted molar refractivity (Wildman–Crippen MR) is 83.1 cm³/mol. The molecule has 1 aromatic carbocycles. The number of halogens is 1. The molecule has 2 rings (SSSR count). The number of aryl methyl sites for hydroxylation is 1. The Morgan fingerprint density at radius 1 is 1.40 bits per heavy atom. The molecular formula is C15H18BrN3O. The second-order valence-corrected chi connectivity index (χ2v) is 5.35. The average molecular weight is 336 g/mol. The third kappa shape index (κ3) is 2.99. The van der Waals surface area contributed by atoms with Gasteiger partial charge in [0.25, 0.3) is 0 Å². The molecule has 0 aliphatic heterocycles. The number of carbonyl (C=O) groups excluding carboxylic acids is 1. The van der Waals surface area contributed by atoms with Gasteiger partial charge >= 0.3 is 0 Å². The number of likely N-dealkylation sites (N-methyl/N-ethyl adjacent to an activating group) is 1. The summed E-state index contributed by atoms with van der Waals surface area (Å²) in [4.78, 5) is 12.8. The van der Waals surface area contributed by atoms with Crippen LogP contribution in [0, 0.1) is 0 Å². The largest absolute Gasteiger partial charge is 0.319 e. The lowest BCUT2D eigenvalue weighted by Crippen LogP contribution is -2.16. The van der Waals surface area contributed by atoms with Crippen LogP contribution < -0.4 is 5.32 Å². The summed E-state index contributed by atoms with van der Waals surface area (Å²) >= 11 is 3.42. The van der Waals surface area contributed by atoms with Gasteiger partial charge in [-0.05, 0) is 48.4 Å². The Kier molecular flexibility index (Phi) is 5.09. The number of hydrogen-bond donors (Lipinski definition) is 1. The number of benzene rings is 1. The first-order chi connectivity index (χ1) is 9.69. The van der Waals surface area contributed by atoms with Gasteiger partial charge in [-0.3, -0.25) is 9.48 Å². The Labute approximate surface area is 127 Å². The lowest BCUT2D eigenvalue weighted by atomic mass is 9.99. The van der Waals surface area contributed by atoms with E-state index in [1.807, 2.05) is 38.2 Å². The van der Waals surface area contributed by atoms with Crippen LogP contribution in [0.15, 0.2) is 34.9 Å². The van der Waals surface area contributed by atoms with Crippen LogP contribution in [-0.4, -0.2) is 29.2 Å². The molecule has 0 saturated heterocycles. The maximum atomic E-state index is 12.8. The number of nitrogens with one attached hydrogen (secondary N) is 1. The van der Waals surface area contributed by atoms with E-state index in [0.717, 1.165) is 28.6 Å². The fourth-order valence-corrected chi connectivity index (χ4v) is 2.65. The molecule has 2 aromatic rings. The van der Waals surface area contributed by atoms with Crippen LogP contribution in [-0.2, 0) is 13.0 Å². The van der Waals surface area contributed by atoms with Gasteiger partial charge in [-0.15, -0.1) is 0 Å². The van der Waals surface area contributed by atoms with Crippen molar-refractivity contribution in [3.8, 4) is 0 Å². The van der Waals surface area contributed by atoms with Crippen LogP contribution in [0.5, 0.6) is 0 Å². The van der Waals surface area contributed by atoms with Gasteiger partial charge in [-0.2, -0.15) is 5.10 Å². The van der Waals surface area contributed by atoms with Crippen LogP contribution in [0.4, 0.5) is 0 Å². The average Bonchev–Trinajstić information content (AvgIpc) is 2.85. The monoisotopic (exact) mass is 335 g/mol. The third-order valence-electron chi connectivity index (χ3n) is 3.22. The van der Waals surface area contributed by atoms with E-state index >= 15 is 0 Å². The van der Waals surface area contributed by atoms with E-state index in [9.17, 15) is 4.79 Å². The number of hydrogen-bond acceptors (Lipinski definition) is 3. The summed E-state index contributed by atoms with van der Waals surface area (Å²) in [7, 11) is 1.91. The lowest BCUT2D eigenvalue weighted by molar-refractivity contribution is 0.102. The Balaban J connectivity index is 2.40. The molecule has 1 heterocycles. The predicted octanol–water partition coefficient (Wildman–Crippen LogP) is 2.66. The Morgan fingerprint density at radius 2 is 2.15 bits per heavy atom. The number of carbonyl (C=O) groups is 1. The van der Waals surface area contributed by atoms with E-state index in [0.29, 0.717) is 12.2 Å². The number of rotatable bonds is 6. The summed E-state index contributed by atoms with van der Waals surface area (Å²) < 4.78 is 2.47. The Bertz CT molecular complexity index is 607. The van der Waals surface area contributed by atoms with Crippen molar-refractivity contribution in [1.29, 1.82) is 0 Å². The molecule has 0 aliphatic rings. The first-order valence-electron chi connectivity index (χ1n) is 6.67. The zero-order valence-electron chi connectivity index (χ0n) is 11.7. The molecule has 0 radical (unpaired) electrons. The van der Waals surface area contributed by atoms with Crippen molar-refractivity contribution in [3.05, 3.63) is 51.8 Å². The molecule has 5 heteroatoms. The quantitative estimate of drug-likeness (QED) is 0.825. The zero-order valence-corrected chi connectivity index (χ0v) is 13.3. The summed E-state index contributed by atoms with van der Waals surface area (Å²) in [6.07, 6.45) is 2.50. The Morgan fingerprint density at radius 3 is 2.85 bits per heavy atom. The van der Waals surface area contributed by atoms with Gasteiger partial charge in [0, 0.05) is 12.1 Å². The molecule has 0 spiro atoms. The second-order valence-electron chi connectivity index (χ2n) is 4.50. The summed E-state index contributed by atoms with van der Waals surface area (Å²) in [5.74, 6) is 0.0166. The van der Waals surface area contributed by atoms with Crippen molar-refractivity contribution in [2.75, 3.05) is 13.6 Å². The van der Waals surface area contributed by atoms with Crippen molar-refractivity contribution < 1.29 is 4.79 Å². The minimum Gasteiger partial charge on any atom is -0.319 e. The molecular weight excluding hydrogens is 318 g/mol. The van der Waals surface area contributed by atoms with Gasteiger partial charge in [-0.25, -0.2) is 0 Å². The van der Waals surface area contributed by atoms with Crippen LogP contribution >= 0.6 is 15.9 Å². The van der Waals surface area contributed by atoms with Crippen LogP contribution in [0.2, 0.25) is 0 Å². The van der Waals surface area contributed by atoms with Gasteiger partial charge in [0.05, 0.1) is 10.7 Å². The highest BCUT2D eigenvalue weighted by molar-refractivity contribution is 9.10. The van der Waals surface area contributed by atoms with E-state index in [-0.39, 0.29) is 5.78 Å². The van der Waals surface area contributed by atoms with Gasteiger partial charge in [-0.1, -0.05) is 24.3 Å². The van der Waals surface area contributed by atoms with Crippen molar-refractivity contribution in [2.45, 2.75) is 19.9 Å². The molecule has 0 unspecified atom stereocenters. The fraction of sp³-hybridized carbons (Fsp3) is 0.333. The molecule has 0 saturated carbocycles. The van der Waals surface area contributed by atoms with Crippen molar-refractivity contribution in [2.24, 2.45) is 0 Å². The van der Waals surface area contributed by atoms with Gasteiger partial charge in [0.2, 0.25) is 5.78 Å². The summed E-state index contributed by atoms with van der Waals surface area (Å²) in [6, 6.07) is 7.75. The number of aromatic nitrogens is 2. The van der Waals surface area contributed by atoms with E-state index in [4.69, 9.17) is 0 Å². The van der Waals surface area contributed by atoms with Gasteiger partial charge < -0.3 is 5.32 Å². The van der Waals surface area contributed by atoms with Gasteiger partial charge in [0.1, 0.15) is 5.69 Å². The lowest BCUT2D eigenvalue weighted by Gasteiger charge is -2.10. The molecule has 0 aliphatic carbocycles. The SMILES string of the molecule is CCn1ncc(Br)c1C(=O)c1ccccc1CCNC. The topological polar surface area (TPSA) is 46.9 Å². The van der Waals surface area contributed by atoms with Crippen LogP contribution in [0.3, 0.4) is 0 Å². The maximum Gasteiger partial charge on any atom is 0.212 e. The van der Waals surface area contributed by atoms with Crippen molar-refractivity contribution in [3.63, 3.8) is 0 Å². The molecule has 1 aromatic heterocycles. The summed E-state index contributed by atoms with van der Waals surface area (Å²) in [5, 5.41) is 7.32. The van der Waals surface area contributed by atoms with Crippen LogP contribution in [0.25, 0.3) is 0 Å². The maximum absolute atomic E-state index is 12.8. The van der Waals surface area contributed by atoms with Gasteiger partial charge in [0.15, 0.2) is 0 Å². The van der Waals surface area contributed by atoms with E-state index in [1.54, 1.807) is 10.9 Å². The smallest absolute Gasteiger partial charge is 0.212 e. The van der Waals surface area contributed by atoms with E-state index in [2.05, 4.69) is 26.3 Å². The summed E-state index contributed by atoms with van der Waals surface area (Å²) in [6.45, 7) is 3.49. The molecule has 0 amide bonds. The fourth-order valence-electron chi connectivity index (χ4n) is 2.18. The number of nitrogens with zero attached hydrogens (tertiary/aromatic N) is 2. The van der Waals surface area contributed by atoms with E-state index in [1.165, 1.54) is 0 Å². The highest BCUT2D eigenvalue weighted by Gasteiger charge is 2.20. The molecule has 0 atom stereocenters. The normalized spacial score (nSPS) is 10.8. The zero-order chi connectivity index (χ0) is 14.5.